The molecule has 3 fully saturated rings. The zero-order chi connectivity index (χ0) is 23.0. The molecule has 1 aliphatic heterocycles. The molecule has 1 N–H and O–H groups in total. The van der Waals surface area contributed by atoms with E-state index in [1.165, 1.54) is 25.7 Å². The Bertz CT molecular complexity index is 1010. The maximum Gasteiger partial charge on any atom is 0.228 e. The van der Waals surface area contributed by atoms with Crippen LogP contribution in [0.1, 0.15) is 51.5 Å². The Morgan fingerprint density at radius 1 is 1.12 bits per heavy atom. The lowest BCUT2D eigenvalue weighted by Crippen LogP contribution is -2.47. The van der Waals surface area contributed by atoms with Crippen molar-refractivity contribution < 1.29 is 9.59 Å². The normalized spacial score (nSPS) is 28.5. The number of nitrogens with zero attached hydrogens (tertiary/aromatic N) is 2. The van der Waals surface area contributed by atoms with Crippen LogP contribution in [0.5, 0.6) is 0 Å². The van der Waals surface area contributed by atoms with Gasteiger partial charge in [-0.2, -0.15) is 0 Å². The molecule has 2 saturated carbocycles. The number of carbonyl (C=O) groups excluding carboxylic acids is 2. The largest absolute Gasteiger partial charge is 0.353 e. The summed E-state index contributed by atoms with van der Waals surface area (Å²) in [6.07, 6.45) is 9.93. The molecule has 4 atom stereocenters. The molecular formula is C28H35N3O2. The van der Waals surface area contributed by atoms with E-state index in [9.17, 15) is 9.59 Å². The number of nitrogens with one attached hydrogen (secondary N) is 1. The number of carbonyl (C=O) groups is 2. The van der Waals surface area contributed by atoms with Crippen LogP contribution in [0.25, 0.3) is 11.1 Å². The Morgan fingerprint density at radius 2 is 1.88 bits per heavy atom. The van der Waals surface area contributed by atoms with E-state index in [2.05, 4.69) is 40.6 Å². The van der Waals surface area contributed by atoms with Crippen LogP contribution in [0, 0.1) is 23.2 Å². The van der Waals surface area contributed by atoms with Crippen LogP contribution in [-0.2, 0) is 16.0 Å². The second-order valence-corrected chi connectivity index (χ2v) is 10.7. The first-order valence-electron chi connectivity index (χ1n) is 12.6. The lowest BCUT2D eigenvalue weighted by atomic mass is 9.79. The van der Waals surface area contributed by atoms with Gasteiger partial charge in [0.2, 0.25) is 11.8 Å². The van der Waals surface area contributed by atoms with E-state index >= 15 is 0 Å². The Hall–Kier alpha value is -2.69. The lowest BCUT2D eigenvalue weighted by Gasteiger charge is -2.30. The van der Waals surface area contributed by atoms with Crippen LogP contribution in [-0.4, -0.2) is 40.8 Å². The van der Waals surface area contributed by atoms with Gasteiger partial charge in [0.1, 0.15) is 0 Å². The molecule has 174 valence electrons. The summed E-state index contributed by atoms with van der Waals surface area (Å²) in [5.74, 6) is 1.79. The molecule has 2 aliphatic carbocycles. The fraction of sp³-hybridized carbons (Fsp3) is 0.536. The molecule has 33 heavy (non-hydrogen) atoms. The Kier molecular flexibility index (Phi) is 5.98. The van der Waals surface area contributed by atoms with Gasteiger partial charge in [0.05, 0.1) is 5.41 Å². The van der Waals surface area contributed by atoms with Crippen molar-refractivity contribution in [2.24, 2.45) is 23.2 Å². The predicted octanol–water partition coefficient (Wildman–Crippen LogP) is 4.47. The molecule has 2 aromatic rings. The predicted molar refractivity (Wildman–Crippen MR) is 129 cm³/mol. The van der Waals surface area contributed by atoms with E-state index in [1.807, 2.05) is 31.0 Å². The zero-order valence-corrected chi connectivity index (χ0v) is 19.8. The number of aromatic nitrogens is 1. The van der Waals surface area contributed by atoms with Crippen molar-refractivity contribution in [1.82, 2.24) is 15.2 Å². The Balaban J connectivity index is 1.37. The number of pyridine rings is 1. The van der Waals surface area contributed by atoms with Gasteiger partial charge in [0.25, 0.3) is 0 Å². The molecule has 1 aromatic heterocycles. The highest BCUT2D eigenvalue weighted by Gasteiger charge is 2.57. The summed E-state index contributed by atoms with van der Waals surface area (Å²) in [6.45, 7) is 5.21. The van der Waals surface area contributed by atoms with Gasteiger partial charge in [-0.05, 0) is 74.1 Å². The Labute approximate surface area is 197 Å². The molecule has 0 radical (unpaired) electrons. The first-order valence-corrected chi connectivity index (χ1v) is 12.6. The van der Waals surface area contributed by atoms with Gasteiger partial charge < -0.3 is 10.2 Å². The summed E-state index contributed by atoms with van der Waals surface area (Å²) in [7, 11) is 0. The van der Waals surface area contributed by atoms with E-state index in [1.54, 1.807) is 6.20 Å². The van der Waals surface area contributed by atoms with E-state index < -0.39 is 5.41 Å². The number of hydrogen-bond donors (Lipinski definition) is 1. The minimum Gasteiger partial charge on any atom is -0.353 e. The van der Waals surface area contributed by atoms with Gasteiger partial charge in [-0.1, -0.05) is 43.2 Å². The number of hydrogen-bond acceptors (Lipinski definition) is 3. The second kappa shape index (κ2) is 8.92. The van der Waals surface area contributed by atoms with Gasteiger partial charge in [0.15, 0.2) is 0 Å². The van der Waals surface area contributed by atoms with Crippen LogP contribution < -0.4 is 5.32 Å². The summed E-state index contributed by atoms with van der Waals surface area (Å²) in [6, 6.07) is 12.5. The third-order valence-electron chi connectivity index (χ3n) is 7.97. The average Bonchev–Trinajstić information content (AvgIpc) is 3.40. The molecule has 5 rings (SSSR count). The lowest BCUT2D eigenvalue weighted by molar-refractivity contribution is -0.134. The second-order valence-electron chi connectivity index (χ2n) is 10.7. The minimum absolute atomic E-state index is 0.0761. The number of likely N-dealkylation sites (tertiary alicyclic amines) is 1. The maximum atomic E-state index is 13.5. The van der Waals surface area contributed by atoms with E-state index in [0.717, 1.165) is 23.1 Å². The summed E-state index contributed by atoms with van der Waals surface area (Å²) < 4.78 is 0. The van der Waals surface area contributed by atoms with Crippen molar-refractivity contribution in [1.29, 1.82) is 0 Å². The fourth-order valence-corrected chi connectivity index (χ4v) is 6.24. The standard InChI is InChI=1S/C28H35N3O2/c1-19(2)30-27(33)28(16-20-7-5-8-21(15-20)22-9-6-13-29-17-22)12-14-31(18-28)26(32)25-23-10-3-4-11-24(23)25/h5-9,13,15,17,19,23-25H,3-4,10-12,14,16,18H2,1-2H3,(H,30,33)/t23-,24+,25?,28-/m1/s1. The summed E-state index contributed by atoms with van der Waals surface area (Å²) in [5, 5.41) is 3.16. The molecule has 3 aliphatic rings. The molecule has 5 nitrogen and oxygen atoms in total. The highest BCUT2D eigenvalue weighted by Crippen LogP contribution is 2.56. The monoisotopic (exact) mass is 445 g/mol. The maximum absolute atomic E-state index is 13.5. The quantitative estimate of drug-likeness (QED) is 0.714. The summed E-state index contributed by atoms with van der Waals surface area (Å²) >= 11 is 0. The van der Waals surface area contributed by atoms with Crippen molar-refractivity contribution in [2.75, 3.05) is 13.1 Å². The SMILES string of the molecule is CC(C)NC(=O)[C@@]1(Cc2cccc(-c3cccnc3)c2)CCN(C(=O)C2[C@H]3CCCC[C@@H]23)C1. The van der Waals surface area contributed by atoms with Crippen molar-refractivity contribution in [3.63, 3.8) is 0 Å². The highest BCUT2D eigenvalue weighted by atomic mass is 16.2. The van der Waals surface area contributed by atoms with Crippen LogP contribution in [0.2, 0.25) is 0 Å². The van der Waals surface area contributed by atoms with Gasteiger partial charge in [-0.15, -0.1) is 0 Å². The molecule has 0 bridgehead atoms. The van der Waals surface area contributed by atoms with Crippen molar-refractivity contribution in [2.45, 2.75) is 58.4 Å². The topological polar surface area (TPSA) is 62.3 Å². The average molecular weight is 446 g/mol. The number of fused-ring (bicyclic) bond motifs is 1. The smallest absolute Gasteiger partial charge is 0.228 e. The molecule has 5 heteroatoms. The van der Waals surface area contributed by atoms with Gasteiger partial charge >= 0.3 is 0 Å². The fourth-order valence-electron chi connectivity index (χ4n) is 6.24. The third-order valence-corrected chi connectivity index (χ3v) is 7.97. The molecule has 2 amide bonds. The van der Waals surface area contributed by atoms with Crippen LogP contribution in [0.15, 0.2) is 48.8 Å². The highest BCUT2D eigenvalue weighted by molar-refractivity contribution is 5.87. The van der Waals surface area contributed by atoms with E-state index in [0.29, 0.717) is 37.3 Å². The van der Waals surface area contributed by atoms with Crippen molar-refractivity contribution >= 4 is 11.8 Å². The molecule has 0 spiro atoms. The molecule has 1 saturated heterocycles. The van der Waals surface area contributed by atoms with Crippen molar-refractivity contribution in [3.05, 3.63) is 54.4 Å². The minimum atomic E-state index is -0.576. The van der Waals surface area contributed by atoms with E-state index in [4.69, 9.17) is 0 Å². The van der Waals surface area contributed by atoms with Crippen LogP contribution in [0.3, 0.4) is 0 Å². The molecule has 1 aromatic carbocycles. The molecule has 2 heterocycles. The van der Waals surface area contributed by atoms with Gasteiger partial charge in [-0.3, -0.25) is 14.6 Å². The summed E-state index contributed by atoms with van der Waals surface area (Å²) in [4.78, 5) is 33.1. The van der Waals surface area contributed by atoms with Crippen molar-refractivity contribution in [3.8, 4) is 11.1 Å². The van der Waals surface area contributed by atoms with E-state index in [-0.39, 0.29) is 17.9 Å². The number of amides is 2. The summed E-state index contributed by atoms with van der Waals surface area (Å²) in [5.41, 5.74) is 2.73. The number of benzene rings is 1. The number of rotatable bonds is 6. The first kappa shape index (κ1) is 22.1. The van der Waals surface area contributed by atoms with Crippen LogP contribution in [0.4, 0.5) is 0 Å². The first-order chi connectivity index (χ1) is 16.0. The Morgan fingerprint density at radius 3 is 2.58 bits per heavy atom. The van der Waals surface area contributed by atoms with Gasteiger partial charge in [0, 0.05) is 37.4 Å². The van der Waals surface area contributed by atoms with Crippen LogP contribution >= 0.6 is 0 Å². The molecular weight excluding hydrogens is 410 g/mol. The zero-order valence-electron chi connectivity index (χ0n) is 19.8. The van der Waals surface area contributed by atoms with Gasteiger partial charge in [-0.25, -0.2) is 0 Å². The third kappa shape index (κ3) is 4.42. The molecule has 1 unspecified atom stereocenters.